The number of alkyl carbamates (subject to hydrolysis) is 1. The average molecular weight is 708 g/mol. The van der Waals surface area contributed by atoms with E-state index in [-0.39, 0.29) is 31.1 Å². The highest BCUT2D eigenvalue weighted by atomic mass is 16.6. The number of piperazine rings is 1. The number of nitrogens with zero attached hydrogens (tertiary/aromatic N) is 4. The van der Waals surface area contributed by atoms with Gasteiger partial charge in [-0.3, -0.25) is 19.3 Å². The third-order valence-electron chi connectivity index (χ3n) is 11.0. The Balaban J connectivity index is 1.18. The van der Waals surface area contributed by atoms with E-state index in [9.17, 15) is 29.1 Å². The molecule has 2 N–H and O–H groups in total. The monoisotopic (exact) mass is 707 g/mol. The maximum Gasteiger partial charge on any atom is 0.410 e. The Kier molecular flexibility index (Phi) is 10.7. The number of ketones is 1. The number of carbonyl (C=O) groups is 5. The molecule has 6 rings (SSSR count). The number of hydrogen-bond donors (Lipinski definition) is 2. The summed E-state index contributed by atoms with van der Waals surface area (Å²) in [6.07, 6.45) is 5.45. The van der Waals surface area contributed by atoms with Crippen LogP contribution in [0, 0.1) is 11.3 Å². The van der Waals surface area contributed by atoms with E-state index in [0.29, 0.717) is 32.4 Å². The molecule has 5 atom stereocenters. The van der Waals surface area contributed by atoms with Gasteiger partial charge in [0.1, 0.15) is 17.7 Å². The van der Waals surface area contributed by atoms with E-state index < -0.39 is 53.3 Å². The fourth-order valence-electron chi connectivity index (χ4n) is 7.91. The Morgan fingerprint density at radius 3 is 2.47 bits per heavy atom. The Morgan fingerprint density at radius 1 is 1.00 bits per heavy atom. The molecule has 4 heterocycles. The lowest BCUT2D eigenvalue weighted by molar-refractivity contribution is -0.147. The van der Waals surface area contributed by atoms with Crippen molar-refractivity contribution >= 4 is 35.5 Å². The van der Waals surface area contributed by atoms with Crippen molar-refractivity contribution in [3.8, 4) is 0 Å². The summed E-state index contributed by atoms with van der Waals surface area (Å²) in [6.45, 7) is 9.83. The van der Waals surface area contributed by atoms with Crippen LogP contribution in [0.2, 0.25) is 0 Å². The third-order valence-corrected chi connectivity index (χ3v) is 11.0. The van der Waals surface area contributed by atoms with Gasteiger partial charge in [-0.2, -0.15) is 0 Å². The second-order valence-corrected chi connectivity index (χ2v) is 16.0. The van der Waals surface area contributed by atoms with Crippen molar-refractivity contribution in [1.82, 2.24) is 20.0 Å². The van der Waals surface area contributed by atoms with Gasteiger partial charge in [-0.25, -0.2) is 9.59 Å². The highest BCUT2D eigenvalue weighted by molar-refractivity contribution is 5.96. The van der Waals surface area contributed by atoms with Crippen LogP contribution in [0.4, 0.5) is 15.3 Å². The molecule has 51 heavy (non-hydrogen) atoms. The predicted molar refractivity (Wildman–Crippen MR) is 189 cm³/mol. The quantitative estimate of drug-likeness (QED) is 0.434. The molecule has 13 heteroatoms. The molecular weight excluding hydrogens is 654 g/mol. The lowest BCUT2D eigenvalue weighted by Gasteiger charge is -2.34. The maximum absolute atomic E-state index is 14.3. The van der Waals surface area contributed by atoms with Crippen molar-refractivity contribution < 1.29 is 38.6 Å². The number of carboxylic acids is 1. The number of benzene rings is 1. The summed E-state index contributed by atoms with van der Waals surface area (Å²) in [6, 6.07) is 4.36. The molecule has 3 amide bonds. The Bertz CT molecular complexity index is 1550. The number of fused-ring (bicyclic) bond motifs is 3. The number of nitrogens with one attached hydrogen (secondary N) is 1. The van der Waals surface area contributed by atoms with Crippen LogP contribution in [0.3, 0.4) is 0 Å². The van der Waals surface area contributed by atoms with Crippen LogP contribution in [0.15, 0.2) is 30.4 Å². The van der Waals surface area contributed by atoms with Crippen LogP contribution >= 0.6 is 0 Å². The molecule has 0 aromatic heterocycles. The molecular formula is C38H53N5O8. The first kappa shape index (κ1) is 36.7. The van der Waals surface area contributed by atoms with Gasteiger partial charge in [-0.15, -0.1) is 0 Å². The highest BCUT2D eigenvalue weighted by Gasteiger charge is 2.61. The van der Waals surface area contributed by atoms with Gasteiger partial charge >= 0.3 is 18.2 Å². The van der Waals surface area contributed by atoms with Gasteiger partial charge in [-0.1, -0.05) is 31.1 Å². The number of hydrogen-bond acceptors (Lipinski definition) is 9. The van der Waals surface area contributed by atoms with Crippen molar-refractivity contribution in [2.24, 2.45) is 11.3 Å². The van der Waals surface area contributed by atoms with Crippen molar-refractivity contribution in [3.63, 3.8) is 0 Å². The number of amides is 3. The van der Waals surface area contributed by atoms with E-state index in [2.05, 4.69) is 40.4 Å². The van der Waals surface area contributed by atoms with Gasteiger partial charge in [0, 0.05) is 57.8 Å². The van der Waals surface area contributed by atoms with Gasteiger partial charge in [0.25, 0.3) is 0 Å². The number of allylic oxidation sites excluding steroid dienone is 2. The number of aliphatic carboxylic acids is 1. The van der Waals surface area contributed by atoms with Crippen LogP contribution in [-0.4, -0.2) is 113 Å². The minimum Gasteiger partial charge on any atom is -0.481 e. The molecule has 0 radical (unpaired) electrons. The molecule has 0 bridgehead atoms. The number of ether oxygens (including phenoxy) is 2. The summed E-state index contributed by atoms with van der Waals surface area (Å²) < 4.78 is 11.5. The Hall–Kier alpha value is -4.13. The fourth-order valence-corrected chi connectivity index (χ4v) is 7.91. The lowest BCUT2D eigenvalue weighted by Crippen LogP contribution is -2.52. The second-order valence-electron chi connectivity index (χ2n) is 16.0. The molecule has 0 spiro atoms. The van der Waals surface area contributed by atoms with E-state index in [4.69, 9.17) is 9.47 Å². The summed E-state index contributed by atoms with van der Waals surface area (Å²) in [4.78, 5) is 74.9. The number of anilines is 1. The number of likely N-dealkylation sites (N-methyl/N-ethyl adjacent to an activating group) is 1. The zero-order valence-corrected chi connectivity index (χ0v) is 30.4. The van der Waals surface area contributed by atoms with Gasteiger partial charge in [0.05, 0.1) is 18.0 Å². The number of Topliss-reactive ketones (excluding diaryl/α,β-unsaturated/α-hetero) is 1. The van der Waals surface area contributed by atoms with Gasteiger partial charge in [-0.05, 0) is 82.7 Å². The van der Waals surface area contributed by atoms with Crippen LogP contribution in [0.25, 0.3) is 0 Å². The van der Waals surface area contributed by atoms with Crippen LogP contribution < -0.4 is 10.2 Å². The largest absolute Gasteiger partial charge is 0.481 e. The average Bonchev–Trinajstić information content (AvgIpc) is 3.37. The second kappa shape index (κ2) is 14.8. The first-order chi connectivity index (χ1) is 24.2. The van der Waals surface area contributed by atoms with Crippen LogP contribution in [0.1, 0.15) is 83.3 Å². The van der Waals surface area contributed by atoms with Crippen LogP contribution in [0.5, 0.6) is 0 Å². The Labute approximate surface area is 300 Å². The Morgan fingerprint density at radius 2 is 1.75 bits per heavy atom. The van der Waals surface area contributed by atoms with E-state index in [1.807, 2.05) is 12.2 Å². The predicted octanol–water partition coefficient (Wildman–Crippen LogP) is 4.32. The first-order valence-corrected chi connectivity index (χ1v) is 18.5. The maximum atomic E-state index is 14.3. The van der Waals surface area contributed by atoms with E-state index in [1.165, 1.54) is 4.90 Å². The van der Waals surface area contributed by atoms with Crippen LogP contribution in [-0.2, 0) is 36.9 Å². The standard InChI is InChI=1S/C38H53N5O8/c1-37(2,3)51-35(48)39-30-11-9-7-5-6-8-10-27-20-38(27,34(46)47)21-32(44)31-19-29(24-43(31)33(30)45)50-36(49)42-22-25-12-13-28(18-26(25)23-42)41-16-14-40(4)15-17-41/h8,10,12-13,18,27,29-31H,5-7,9,11,14-17,19-24H2,1-4H3,(H,39,48)(H,46,47)/b10-8-/t27-,29-,30+,31+,38-/m1/s1. The molecule has 3 fully saturated rings. The molecule has 0 unspecified atom stereocenters. The molecule has 1 aliphatic carbocycles. The molecule has 278 valence electrons. The van der Waals surface area contributed by atoms with Crippen molar-refractivity contribution in [1.29, 1.82) is 0 Å². The summed E-state index contributed by atoms with van der Waals surface area (Å²) in [5.41, 5.74) is 1.26. The van der Waals surface area contributed by atoms with Gasteiger partial charge < -0.3 is 34.6 Å². The zero-order valence-electron chi connectivity index (χ0n) is 30.4. The summed E-state index contributed by atoms with van der Waals surface area (Å²) in [5, 5.41) is 12.9. The molecule has 1 saturated carbocycles. The molecule has 4 aliphatic heterocycles. The van der Waals surface area contributed by atoms with Gasteiger partial charge in [0.15, 0.2) is 5.78 Å². The fraction of sp³-hybridized carbons (Fsp3) is 0.658. The molecule has 5 aliphatic rings. The number of carboxylic acid groups (broad SMARTS) is 1. The van der Waals surface area contributed by atoms with E-state index in [1.54, 1.807) is 25.7 Å². The number of carbonyl (C=O) groups excluding carboxylic acids is 4. The minimum absolute atomic E-state index is 0.0365. The third kappa shape index (κ3) is 8.51. The SMILES string of the molecule is CN1CCN(c2ccc3c(c2)CN(C(=O)O[C@@H]2C[C@H]4C(=O)C[C@]5(C(=O)O)C[C@H]5/C=C\CCCCC[C@H](NC(=O)OC(C)(C)C)C(=O)N4C2)C3)CC1. The molecule has 1 aromatic rings. The summed E-state index contributed by atoms with van der Waals surface area (Å²) in [5.74, 6) is -2.12. The van der Waals surface area contributed by atoms with Crippen molar-refractivity contribution in [2.75, 3.05) is 44.7 Å². The van der Waals surface area contributed by atoms with Crippen molar-refractivity contribution in [2.45, 2.75) is 109 Å². The van der Waals surface area contributed by atoms with E-state index in [0.717, 1.165) is 62.3 Å². The summed E-state index contributed by atoms with van der Waals surface area (Å²) >= 11 is 0. The molecule has 13 nitrogen and oxygen atoms in total. The summed E-state index contributed by atoms with van der Waals surface area (Å²) in [7, 11) is 2.12. The van der Waals surface area contributed by atoms with Crippen molar-refractivity contribution in [3.05, 3.63) is 41.5 Å². The molecule has 1 aromatic carbocycles. The van der Waals surface area contributed by atoms with Gasteiger partial charge in [0.2, 0.25) is 5.91 Å². The lowest BCUT2D eigenvalue weighted by atomic mass is 9.92. The highest BCUT2D eigenvalue weighted by Crippen LogP contribution is 2.57. The first-order valence-electron chi connectivity index (χ1n) is 18.5. The normalized spacial score (nSPS) is 29.6. The topological polar surface area (TPSA) is 149 Å². The number of rotatable bonds is 4. The molecule has 2 saturated heterocycles. The minimum atomic E-state index is -1.21. The zero-order chi connectivity index (χ0) is 36.5. The van der Waals surface area contributed by atoms with E-state index >= 15 is 0 Å². The smallest absolute Gasteiger partial charge is 0.410 e.